The van der Waals surface area contributed by atoms with Crippen molar-refractivity contribution in [1.82, 2.24) is 0 Å². The average molecular weight is 543 g/mol. The van der Waals surface area contributed by atoms with Gasteiger partial charge in [-0.3, -0.25) is 9.05 Å². The van der Waals surface area contributed by atoms with Crippen molar-refractivity contribution >= 4 is 16.1 Å². The standard InChI is InChI=1S/C29H36O6P2/c1-8-11-25-16-21(4)29(22(5)17-25)33-24(7)37(31)35-27-15-10-14-26(18-27)34-36(30)23(6)32-28-19(2)12-9-13-20(28)3/h9-10,12-18,23-24H,8,11H2,1-7H3/q+2. The Morgan fingerprint density at radius 2 is 1.11 bits per heavy atom. The van der Waals surface area contributed by atoms with Gasteiger partial charge in [0.25, 0.3) is 0 Å². The summed E-state index contributed by atoms with van der Waals surface area (Å²) in [7, 11) is -4.38. The first-order valence-corrected chi connectivity index (χ1v) is 15.0. The van der Waals surface area contributed by atoms with E-state index in [9.17, 15) is 9.13 Å². The van der Waals surface area contributed by atoms with E-state index in [4.69, 9.17) is 18.5 Å². The summed E-state index contributed by atoms with van der Waals surface area (Å²) in [6, 6.07) is 16.7. The summed E-state index contributed by atoms with van der Waals surface area (Å²) in [4.78, 5) is 0. The van der Waals surface area contributed by atoms with Crippen LogP contribution < -0.4 is 18.5 Å². The second-order valence-corrected chi connectivity index (χ2v) is 12.2. The first-order valence-electron chi connectivity index (χ1n) is 12.5. The van der Waals surface area contributed by atoms with Gasteiger partial charge in [-0.1, -0.05) is 49.7 Å². The lowest BCUT2D eigenvalue weighted by Crippen LogP contribution is -2.11. The molecule has 3 aromatic rings. The third-order valence-electron chi connectivity index (χ3n) is 5.83. The van der Waals surface area contributed by atoms with Crippen LogP contribution in [-0.2, 0) is 15.6 Å². The second-order valence-electron chi connectivity index (χ2n) is 9.19. The lowest BCUT2D eigenvalue weighted by atomic mass is 10.0. The van der Waals surface area contributed by atoms with Gasteiger partial charge in [-0.15, -0.1) is 0 Å². The molecule has 0 heterocycles. The van der Waals surface area contributed by atoms with Gasteiger partial charge in [0.1, 0.15) is 11.5 Å². The van der Waals surface area contributed by atoms with E-state index in [2.05, 4.69) is 19.1 Å². The second kappa shape index (κ2) is 13.0. The zero-order valence-electron chi connectivity index (χ0n) is 22.6. The number of ether oxygens (including phenoxy) is 2. The summed E-state index contributed by atoms with van der Waals surface area (Å²) in [6.07, 6.45) is 2.08. The Morgan fingerprint density at radius 1 is 0.676 bits per heavy atom. The molecule has 0 saturated carbocycles. The van der Waals surface area contributed by atoms with Gasteiger partial charge in [-0.25, -0.2) is 0 Å². The Morgan fingerprint density at radius 3 is 1.57 bits per heavy atom. The van der Waals surface area contributed by atoms with Crippen molar-refractivity contribution in [2.24, 2.45) is 0 Å². The molecule has 0 bridgehead atoms. The molecule has 3 rings (SSSR count). The highest BCUT2D eigenvalue weighted by atomic mass is 31.1. The summed E-state index contributed by atoms with van der Waals surface area (Å²) < 4.78 is 49.0. The Bertz CT molecular complexity index is 1230. The molecule has 8 heteroatoms. The predicted molar refractivity (Wildman–Crippen MR) is 149 cm³/mol. The maximum absolute atomic E-state index is 12.9. The molecule has 196 valence electrons. The number of rotatable bonds is 12. The quantitative estimate of drug-likeness (QED) is 0.213. The molecular formula is C29H36O6P2+2. The molecule has 0 radical (unpaired) electrons. The minimum Gasteiger partial charge on any atom is -0.443 e. The lowest BCUT2D eigenvalue weighted by molar-refractivity contribution is 0.277. The van der Waals surface area contributed by atoms with Gasteiger partial charge in [0.05, 0.1) is 0 Å². The molecular weight excluding hydrogens is 506 g/mol. The van der Waals surface area contributed by atoms with Crippen LogP contribution >= 0.6 is 16.1 Å². The summed E-state index contributed by atoms with van der Waals surface area (Å²) in [5, 5.41) is 0. The Kier molecular flexibility index (Phi) is 10.1. The van der Waals surface area contributed by atoms with E-state index in [0.29, 0.717) is 17.2 Å². The van der Waals surface area contributed by atoms with Gasteiger partial charge >= 0.3 is 27.7 Å². The van der Waals surface area contributed by atoms with Crippen molar-refractivity contribution in [3.8, 4) is 23.0 Å². The summed E-state index contributed by atoms with van der Waals surface area (Å²) in [5.41, 5.74) is 5.22. The van der Waals surface area contributed by atoms with Gasteiger partial charge in [-0.05, 0) is 83.2 Å². The van der Waals surface area contributed by atoms with Crippen LogP contribution in [0.25, 0.3) is 0 Å². The van der Waals surface area contributed by atoms with Crippen molar-refractivity contribution in [3.63, 3.8) is 0 Å². The minimum absolute atomic E-state index is 0.339. The van der Waals surface area contributed by atoms with Gasteiger partial charge in [0, 0.05) is 19.9 Å². The summed E-state index contributed by atoms with van der Waals surface area (Å²) in [5.74, 6) is 0.774. The predicted octanol–water partition coefficient (Wildman–Crippen LogP) is 8.97. The van der Waals surface area contributed by atoms with Crippen LogP contribution in [0.15, 0.2) is 54.6 Å². The van der Waals surface area contributed by atoms with Crippen LogP contribution in [-0.4, -0.2) is 11.7 Å². The molecule has 0 aliphatic rings. The molecule has 0 spiro atoms. The van der Waals surface area contributed by atoms with Crippen LogP contribution in [0.3, 0.4) is 0 Å². The van der Waals surface area contributed by atoms with E-state index >= 15 is 0 Å². The SMILES string of the molecule is CCCc1cc(C)c(OC(C)[P+](=O)Oc2cccc(O[P+](=O)C(C)Oc3c(C)cccc3C)c2)c(C)c1. The topological polar surface area (TPSA) is 71.1 Å². The van der Waals surface area contributed by atoms with Gasteiger partial charge < -0.3 is 9.47 Å². The average Bonchev–Trinajstić information content (AvgIpc) is 2.84. The zero-order chi connectivity index (χ0) is 27.1. The molecule has 0 amide bonds. The number of benzene rings is 3. The van der Waals surface area contributed by atoms with Crippen molar-refractivity contribution in [2.75, 3.05) is 0 Å². The normalized spacial score (nSPS) is 13.4. The van der Waals surface area contributed by atoms with Crippen LogP contribution in [0.1, 0.15) is 55.0 Å². The van der Waals surface area contributed by atoms with E-state index in [1.165, 1.54) is 5.56 Å². The first-order chi connectivity index (χ1) is 17.6. The maximum Gasteiger partial charge on any atom is 0.601 e. The van der Waals surface area contributed by atoms with Crippen molar-refractivity contribution in [2.45, 2.75) is 73.0 Å². The Labute approximate surface area is 222 Å². The monoisotopic (exact) mass is 542 g/mol. The van der Waals surface area contributed by atoms with Crippen molar-refractivity contribution in [1.29, 1.82) is 0 Å². The molecule has 6 nitrogen and oxygen atoms in total. The smallest absolute Gasteiger partial charge is 0.443 e. The van der Waals surface area contributed by atoms with Gasteiger partial charge in [0.15, 0.2) is 11.5 Å². The molecule has 3 aromatic carbocycles. The summed E-state index contributed by atoms with van der Waals surface area (Å²) >= 11 is 0. The van der Waals surface area contributed by atoms with Crippen LogP contribution in [0.4, 0.5) is 0 Å². The Hall–Kier alpha value is -2.94. The highest BCUT2D eigenvalue weighted by Gasteiger charge is 2.35. The third-order valence-corrected chi connectivity index (χ3v) is 8.01. The van der Waals surface area contributed by atoms with Crippen LogP contribution in [0.2, 0.25) is 0 Å². The number of aryl methyl sites for hydroxylation is 5. The molecule has 0 N–H and O–H groups in total. The zero-order valence-corrected chi connectivity index (χ0v) is 24.4. The van der Waals surface area contributed by atoms with Crippen LogP contribution in [0.5, 0.6) is 23.0 Å². The van der Waals surface area contributed by atoms with E-state index in [1.807, 2.05) is 45.9 Å². The fourth-order valence-electron chi connectivity index (χ4n) is 4.02. The largest absolute Gasteiger partial charge is 0.601 e. The first kappa shape index (κ1) is 28.6. The molecule has 0 fully saturated rings. The third kappa shape index (κ3) is 7.77. The molecule has 0 aromatic heterocycles. The molecule has 0 saturated heterocycles. The van der Waals surface area contributed by atoms with Crippen molar-refractivity contribution < 1.29 is 27.7 Å². The fraction of sp³-hybridized carbons (Fsp3) is 0.379. The van der Waals surface area contributed by atoms with Gasteiger partial charge in [0.2, 0.25) is 0 Å². The highest BCUT2D eigenvalue weighted by molar-refractivity contribution is 7.40. The molecule has 4 atom stereocenters. The number of para-hydroxylation sites is 1. The van der Waals surface area contributed by atoms with Crippen molar-refractivity contribution in [3.05, 3.63) is 82.4 Å². The highest BCUT2D eigenvalue weighted by Crippen LogP contribution is 2.39. The van der Waals surface area contributed by atoms with E-state index in [0.717, 1.165) is 40.8 Å². The fourth-order valence-corrected chi connectivity index (χ4v) is 5.34. The van der Waals surface area contributed by atoms with E-state index < -0.39 is 27.7 Å². The number of hydrogen-bond acceptors (Lipinski definition) is 6. The van der Waals surface area contributed by atoms with Crippen LogP contribution in [0, 0.1) is 27.7 Å². The van der Waals surface area contributed by atoms with E-state index in [-0.39, 0.29) is 0 Å². The number of hydrogen-bond donors (Lipinski definition) is 0. The molecule has 37 heavy (non-hydrogen) atoms. The van der Waals surface area contributed by atoms with E-state index in [1.54, 1.807) is 38.1 Å². The molecule has 0 aliphatic carbocycles. The maximum atomic E-state index is 12.9. The summed E-state index contributed by atoms with van der Waals surface area (Å²) in [6.45, 7) is 13.5. The van der Waals surface area contributed by atoms with Gasteiger partial charge in [-0.2, -0.15) is 0 Å². The Balaban J connectivity index is 1.62. The minimum atomic E-state index is -2.19. The molecule has 4 unspecified atom stereocenters. The lowest BCUT2D eigenvalue weighted by Gasteiger charge is -2.14. The molecule has 0 aliphatic heterocycles.